The summed E-state index contributed by atoms with van der Waals surface area (Å²) < 4.78 is 13.7. The van der Waals surface area contributed by atoms with E-state index in [-0.39, 0.29) is 17.4 Å². The fourth-order valence-electron chi connectivity index (χ4n) is 3.63. The van der Waals surface area contributed by atoms with E-state index < -0.39 is 36.4 Å². The summed E-state index contributed by atoms with van der Waals surface area (Å²) in [7, 11) is 1.43. The van der Waals surface area contributed by atoms with Crippen LogP contribution < -0.4 is 10.6 Å². The minimum absolute atomic E-state index is 0.0382. The summed E-state index contributed by atoms with van der Waals surface area (Å²) >= 11 is 8.42. The van der Waals surface area contributed by atoms with Crippen LogP contribution in [-0.4, -0.2) is 61.9 Å². The van der Waals surface area contributed by atoms with Crippen LogP contribution in [0.4, 0.5) is 5.82 Å². The number of hydrogen-bond acceptors (Lipinski definition) is 9. The molecule has 3 aromatic rings. The van der Waals surface area contributed by atoms with Gasteiger partial charge in [0.1, 0.15) is 6.10 Å². The third-order valence-corrected chi connectivity index (χ3v) is 6.13. The molecule has 13 heteroatoms. The normalized spacial score (nSPS) is 22.0. The third kappa shape index (κ3) is 4.94. The van der Waals surface area contributed by atoms with Gasteiger partial charge in [0.15, 0.2) is 35.4 Å². The molecule has 0 aliphatic carbocycles. The molecule has 1 aromatic carbocycles. The Bertz CT molecular complexity index is 1220. The van der Waals surface area contributed by atoms with E-state index >= 15 is 0 Å². The Kier molecular flexibility index (Phi) is 7.50. The molecule has 2 aromatic heterocycles. The number of esters is 1. The number of halogens is 2. The van der Waals surface area contributed by atoms with E-state index in [1.54, 1.807) is 6.92 Å². The Balaban J connectivity index is 1.65. The number of likely N-dealkylation sites (N-methyl/N-ethyl adjacent to an activating group) is 1. The van der Waals surface area contributed by atoms with Crippen LogP contribution in [0.15, 0.2) is 30.6 Å². The van der Waals surface area contributed by atoms with Gasteiger partial charge < -0.3 is 25.2 Å². The van der Waals surface area contributed by atoms with Crippen molar-refractivity contribution in [1.82, 2.24) is 24.8 Å². The number of imidazole rings is 1. The Morgan fingerprint density at radius 3 is 2.85 bits per heavy atom. The maximum absolute atomic E-state index is 12.3. The monoisotopic (exact) mass is 600 g/mol. The van der Waals surface area contributed by atoms with Crippen molar-refractivity contribution in [3.05, 3.63) is 45.0 Å². The number of nitrogens with one attached hydrogen (secondary N) is 2. The molecule has 0 saturated carbocycles. The number of carbonyl (C=O) groups excluding carboxylic acids is 2. The molecule has 34 heavy (non-hydrogen) atoms. The van der Waals surface area contributed by atoms with Crippen LogP contribution in [0.25, 0.3) is 11.2 Å². The summed E-state index contributed by atoms with van der Waals surface area (Å²) in [6, 6.07) is 7.97. The van der Waals surface area contributed by atoms with Crippen molar-refractivity contribution < 1.29 is 24.2 Å². The van der Waals surface area contributed by atoms with Crippen molar-refractivity contribution in [2.45, 2.75) is 44.4 Å². The highest BCUT2D eigenvalue weighted by atomic mass is 127. The lowest BCUT2D eigenvalue weighted by atomic mass is 10.1. The summed E-state index contributed by atoms with van der Waals surface area (Å²) in [5.74, 6) is -0.700. The standard InChI is InChI=1S/C21H22ClIN6O5/c1-3-12(30)33-15-14(31)20(34-16(15)19(32)24-2)29-9-26-13-17(27-21(22)28-18(13)29)25-8-10-5-4-6-11(23)7-10/h4-7,9,14-16,20,31H,3,8H2,1-2H3,(H,24,32)(H,25,27,28)/t14-,15+,16+,20-/m1/s1. The third-order valence-electron chi connectivity index (χ3n) is 5.29. The number of carbonyl (C=O) groups is 2. The van der Waals surface area contributed by atoms with E-state index in [4.69, 9.17) is 21.1 Å². The average molecular weight is 601 g/mol. The highest BCUT2D eigenvalue weighted by molar-refractivity contribution is 14.1. The lowest BCUT2D eigenvalue weighted by Gasteiger charge is -2.19. The second-order valence-corrected chi connectivity index (χ2v) is 9.09. The van der Waals surface area contributed by atoms with Gasteiger partial charge in [-0.2, -0.15) is 9.97 Å². The summed E-state index contributed by atoms with van der Waals surface area (Å²) in [4.78, 5) is 37.1. The van der Waals surface area contributed by atoms with Crippen LogP contribution in [0.3, 0.4) is 0 Å². The zero-order chi connectivity index (χ0) is 24.4. The van der Waals surface area contributed by atoms with E-state index in [0.29, 0.717) is 17.9 Å². The van der Waals surface area contributed by atoms with Crippen LogP contribution in [0.1, 0.15) is 25.1 Å². The number of nitrogens with zero attached hydrogens (tertiary/aromatic N) is 4. The number of aromatic nitrogens is 4. The van der Waals surface area contributed by atoms with Gasteiger partial charge in [0, 0.05) is 23.6 Å². The number of amides is 1. The molecule has 3 heterocycles. The molecule has 180 valence electrons. The van der Waals surface area contributed by atoms with E-state index in [1.165, 1.54) is 17.9 Å². The zero-order valence-corrected chi connectivity index (χ0v) is 21.1. The minimum atomic E-state index is -1.35. The van der Waals surface area contributed by atoms with Gasteiger partial charge in [-0.05, 0) is 51.9 Å². The fourth-order valence-corrected chi connectivity index (χ4v) is 4.40. The van der Waals surface area contributed by atoms with Gasteiger partial charge in [0.25, 0.3) is 5.91 Å². The number of rotatable bonds is 7. The summed E-state index contributed by atoms with van der Waals surface area (Å²) in [6.07, 6.45) is -3.38. The maximum Gasteiger partial charge on any atom is 0.305 e. The van der Waals surface area contributed by atoms with Gasteiger partial charge in [-0.3, -0.25) is 14.2 Å². The highest BCUT2D eigenvalue weighted by Gasteiger charge is 2.50. The first kappa shape index (κ1) is 24.6. The van der Waals surface area contributed by atoms with Crippen LogP contribution >= 0.6 is 34.2 Å². The van der Waals surface area contributed by atoms with E-state index in [9.17, 15) is 14.7 Å². The van der Waals surface area contributed by atoms with E-state index in [1.807, 2.05) is 24.3 Å². The first-order chi connectivity index (χ1) is 16.3. The molecule has 1 aliphatic heterocycles. The molecule has 3 N–H and O–H groups in total. The first-order valence-electron chi connectivity index (χ1n) is 10.4. The average Bonchev–Trinajstić information content (AvgIpc) is 3.38. The number of aliphatic hydroxyl groups is 1. The molecule has 1 aliphatic rings. The van der Waals surface area contributed by atoms with Crippen molar-refractivity contribution in [2.24, 2.45) is 0 Å². The van der Waals surface area contributed by atoms with Crippen molar-refractivity contribution >= 4 is 63.1 Å². The number of fused-ring (bicyclic) bond motifs is 1. The van der Waals surface area contributed by atoms with Gasteiger partial charge in [-0.25, -0.2) is 4.98 Å². The van der Waals surface area contributed by atoms with Gasteiger partial charge >= 0.3 is 5.97 Å². The zero-order valence-electron chi connectivity index (χ0n) is 18.2. The van der Waals surface area contributed by atoms with Gasteiger partial charge in [0.05, 0.1) is 6.33 Å². The second-order valence-electron chi connectivity index (χ2n) is 7.51. The van der Waals surface area contributed by atoms with Crippen molar-refractivity contribution in [3.8, 4) is 0 Å². The topological polar surface area (TPSA) is 140 Å². The molecule has 1 fully saturated rings. The number of aliphatic hydroxyl groups excluding tert-OH is 1. The molecule has 1 amide bonds. The molecule has 1 saturated heterocycles. The maximum atomic E-state index is 12.3. The molecular weight excluding hydrogens is 579 g/mol. The number of benzene rings is 1. The predicted molar refractivity (Wildman–Crippen MR) is 131 cm³/mol. The van der Waals surface area contributed by atoms with E-state index in [0.717, 1.165) is 9.13 Å². The molecular formula is C21H22ClIN6O5. The van der Waals surface area contributed by atoms with Crippen molar-refractivity contribution in [1.29, 1.82) is 0 Å². The Morgan fingerprint density at radius 2 is 2.15 bits per heavy atom. The van der Waals surface area contributed by atoms with Gasteiger partial charge in [-0.1, -0.05) is 19.1 Å². The van der Waals surface area contributed by atoms with Gasteiger partial charge in [0.2, 0.25) is 5.28 Å². The fraction of sp³-hybridized carbons (Fsp3) is 0.381. The Hall–Kier alpha value is -2.55. The van der Waals surface area contributed by atoms with Crippen LogP contribution in [0, 0.1) is 3.57 Å². The lowest BCUT2D eigenvalue weighted by molar-refractivity contribution is -0.157. The number of ether oxygens (including phenoxy) is 2. The summed E-state index contributed by atoms with van der Waals surface area (Å²) in [6.45, 7) is 2.09. The van der Waals surface area contributed by atoms with Crippen molar-refractivity contribution in [3.63, 3.8) is 0 Å². The molecule has 0 spiro atoms. The van der Waals surface area contributed by atoms with Gasteiger partial charge in [-0.15, -0.1) is 0 Å². The molecule has 4 atom stereocenters. The molecule has 0 unspecified atom stereocenters. The molecule has 0 radical (unpaired) electrons. The summed E-state index contributed by atoms with van der Waals surface area (Å²) in [5, 5.41) is 16.6. The SMILES string of the molecule is CCC(=O)O[C@H]1[C@@H](O)[C@H](n2cnc3c(NCc4cccc(I)c4)nc(Cl)nc32)O[C@@H]1C(=O)NC. The second kappa shape index (κ2) is 10.4. The molecule has 11 nitrogen and oxygen atoms in total. The highest BCUT2D eigenvalue weighted by Crippen LogP contribution is 2.34. The number of hydrogen-bond donors (Lipinski definition) is 3. The van der Waals surface area contributed by atoms with Crippen molar-refractivity contribution in [2.75, 3.05) is 12.4 Å². The minimum Gasteiger partial charge on any atom is -0.456 e. The predicted octanol–water partition coefficient (Wildman–Crippen LogP) is 2.02. The smallest absolute Gasteiger partial charge is 0.305 e. The molecule has 0 bridgehead atoms. The Morgan fingerprint density at radius 1 is 1.35 bits per heavy atom. The van der Waals surface area contributed by atoms with Crippen LogP contribution in [0.5, 0.6) is 0 Å². The largest absolute Gasteiger partial charge is 0.456 e. The summed E-state index contributed by atoms with van der Waals surface area (Å²) in [5.41, 5.74) is 1.72. The quantitative estimate of drug-likeness (QED) is 0.211. The van der Waals surface area contributed by atoms with Crippen LogP contribution in [0.2, 0.25) is 5.28 Å². The first-order valence-corrected chi connectivity index (χ1v) is 11.9. The lowest BCUT2D eigenvalue weighted by Crippen LogP contribution is -2.44. The number of anilines is 1. The van der Waals surface area contributed by atoms with E-state index in [2.05, 4.69) is 48.2 Å². The Labute approximate surface area is 213 Å². The van der Waals surface area contributed by atoms with Crippen LogP contribution in [-0.2, 0) is 25.6 Å². The molecule has 4 rings (SSSR count).